The number of rotatable bonds is 3. The molecule has 0 radical (unpaired) electrons. The largest absolute Gasteiger partial charge is 0.444 e. The molecule has 1 aromatic heterocycles. The van der Waals surface area contributed by atoms with Crippen molar-refractivity contribution in [3.8, 4) is 11.3 Å². The summed E-state index contributed by atoms with van der Waals surface area (Å²) >= 11 is 0. The predicted molar refractivity (Wildman–Crippen MR) is 71.5 cm³/mol. The number of nitrogens with two attached hydrogens (primary N) is 1. The van der Waals surface area contributed by atoms with Crippen LogP contribution < -0.4 is 10.6 Å². The van der Waals surface area contributed by atoms with Crippen LogP contribution in [0.5, 0.6) is 0 Å². The molecule has 1 fully saturated rings. The lowest BCUT2D eigenvalue weighted by atomic mass is 10.1. The van der Waals surface area contributed by atoms with Crippen LogP contribution >= 0.6 is 0 Å². The normalized spacial score (nSPS) is 19.1. The van der Waals surface area contributed by atoms with Gasteiger partial charge in [-0.05, 0) is 36.7 Å². The number of oxazole rings is 1. The van der Waals surface area contributed by atoms with Gasteiger partial charge < -0.3 is 15.1 Å². The van der Waals surface area contributed by atoms with Crippen molar-refractivity contribution in [1.82, 2.24) is 4.98 Å². The number of anilines is 1. The molecule has 2 heterocycles. The second-order valence-corrected chi connectivity index (χ2v) is 4.72. The summed E-state index contributed by atoms with van der Waals surface area (Å²) in [6.07, 6.45) is 3.61. The Balaban J connectivity index is 1.81. The number of hydrogen-bond acceptors (Lipinski definition) is 4. The van der Waals surface area contributed by atoms with Crippen LogP contribution in [0.15, 0.2) is 41.3 Å². The van der Waals surface area contributed by atoms with Crippen molar-refractivity contribution in [3.05, 3.63) is 36.9 Å². The lowest BCUT2D eigenvalue weighted by Crippen LogP contribution is -2.25. The standard InChI is InChI=1S/C14H15N3O2/c15-6-10-5-14(18)17(8-10)12-3-1-11(2-4-12)13-7-16-9-19-13/h1-4,7,9-10H,5-6,8,15H2. The van der Waals surface area contributed by atoms with Crippen LogP contribution in [-0.4, -0.2) is 24.0 Å². The van der Waals surface area contributed by atoms with Gasteiger partial charge in [0.1, 0.15) is 0 Å². The van der Waals surface area contributed by atoms with Gasteiger partial charge in [-0.3, -0.25) is 4.79 Å². The van der Waals surface area contributed by atoms with E-state index < -0.39 is 0 Å². The van der Waals surface area contributed by atoms with E-state index in [2.05, 4.69) is 4.98 Å². The van der Waals surface area contributed by atoms with E-state index >= 15 is 0 Å². The van der Waals surface area contributed by atoms with Crippen LogP contribution in [0.1, 0.15) is 6.42 Å². The molecule has 98 valence electrons. The minimum atomic E-state index is 0.142. The molecule has 1 unspecified atom stereocenters. The third kappa shape index (κ3) is 2.24. The predicted octanol–water partition coefficient (Wildman–Crippen LogP) is 1.65. The summed E-state index contributed by atoms with van der Waals surface area (Å²) in [5.41, 5.74) is 7.48. The zero-order chi connectivity index (χ0) is 13.2. The highest BCUT2D eigenvalue weighted by atomic mass is 16.3. The van der Waals surface area contributed by atoms with Gasteiger partial charge in [0.05, 0.1) is 6.20 Å². The molecule has 1 atom stereocenters. The van der Waals surface area contributed by atoms with Gasteiger partial charge in [0.2, 0.25) is 5.91 Å². The van der Waals surface area contributed by atoms with Crippen LogP contribution in [0.25, 0.3) is 11.3 Å². The van der Waals surface area contributed by atoms with E-state index in [1.54, 1.807) is 11.1 Å². The maximum absolute atomic E-state index is 11.9. The first-order valence-corrected chi connectivity index (χ1v) is 6.27. The van der Waals surface area contributed by atoms with Crippen molar-refractivity contribution in [3.63, 3.8) is 0 Å². The molecule has 2 N–H and O–H groups in total. The van der Waals surface area contributed by atoms with E-state index in [1.165, 1.54) is 6.39 Å². The van der Waals surface area contributed by atoms with Crippen molar-refractivity contribution >= 4 is 11.6 Å². The van der Waals surface area contributed by atoms with Gasteiger partial charge in [-0.2, -0.15) is 0 Å². The van der Waals surface area contributed by atoms with Crippen LogP contribution in [0.3, 0.4) is 0 Å². The Morgan fingerprint density at radius 1 is 1.37 bits per heavy atom. The van der Waals surface area contributed by atoms with Gasteiger partial charge in [0.15, 0.2) is 12.2 Å². The molecule has 1 aromatic carbocycles. The van der Waals surface area contributed by atoms with Gasteiger partial charge in [0, 0.05) is 24.2 Å². The summed E-state index contributed by atoms with van der Waals surface area (Å²) in [4.78, 5) is 17.6. The Morgan fingerprint density at radius 3 is 2.74 bits per heavy atom. The molecule has 0 aliphatic carbocycles. The van der Waals surface area contributed by atoms with E-state index in [1.807, 2.05) is 24.3 Å². The van der Waals surface area contributed by atoms with Crippen molar-refractivity contribution in [2.24, 2.45) is 11.7 Å². The molecule has 1 saturated heterocycles. The summed E-state index contributed by atoms with van der Waals surface area (Å²) in [7, 11) is 0. The number of carbonyl (C=O) groups is 1. The second kappa shape index (κ2) is 4.85. The number of amides is 1. The summed E-state index contributed by atoms with van der Waals surface area (Å²) in [5, 5.41) is 0. The Labute approximate surface area is 111 Å². The van der Waals surface area contributed by atoms with Gasteiger partial charge in [-0.25, -0.2) is 4.98 Å². The van der Waals surface area contributed by atoms with E-state index in [0.29, 0.717) is 19.5 Å². The maximum atomic E-state index is 11.9. The van der Waals surface area contributed by atoms with E-state index in [0.717, 1.165) is 17.0 Å². The fourth-order valence-corrected chi connectivity index (χ4v) is 2.35. The van der Waals surface area contributed by atoms with Crippen molar-refractivity contribution < 1.29 is 9.21 Å². The van der Waals surface area contributed by atoms with Crippen LogP contribution in [0.2, 0.25) is 0 Å². The zero-order valence-corrected chi connectivity index (χ0v) is 10.5. The maximum Gasteiger partial charge on any atom is 0.227 e. The molecule has 1 amide bonds. The molecule has 3 rings (SSSR count). The molecule has 0 spiro atoms. The molecule has 0 saturated carbocycles. The van der Waals surface area contributed by atoms with Gasteiger partial charge >= 0.3 is 0 Å². The highest BCUT2D eigenvalue weighted by Crippen LogP contribution is 2.27. The average Bonchev–Trinajstić information content (AvgIpc) is 3.08. The van der Waals surface area contributed by atoms with Gasteiger partial charge in [-0.1, -0.05) is 0 Å². The average molecular weight is 257 g/mol. The lowest BCUT2D eigenvalue weighted by molar-refractivity contribution is -0.117. The first kappa shape index (κ1) is 11.9. The fourth-order valence-electron chi connectivity index (χ4n) is 2.35. The van der Waals surface area contributed by atoms with Gasteiger partial charge in [0.25, 0.3) is 0 Å². The van der Waals surface area contributed by atoms with E-state index in [4.69, 9.17) is 10.2 Å². The molecule has 1 aliphatic heterocycles. The molecular weight excluding hydrogens is 242 g/mol. The first-order chi connectivity index (χ1) is 9.28. The minimum absolute atomic E-state index is 0.142. The Kier molecular flexibility index (Phi) is 3.05. The SMILES string of the molecule is NCC1CC(=O)N(c2ccc(-c3cnco3)cc2)C1. The molecule has 2 aromatic rings. The summed E-state index contributed by atoms with van der Waals surface area (Å²) in [6.45, 7) is 1.26. The zero-order valence-electron chi connectivity index (χ0n) is 10.5. The topological polar surface area (TPSA) is 72.4 Å². The lowest BCUT2D eigenvalue weighted by Gasteiger charge is -2.16. The quantitative estimate of drug-likeness (QED) is 0.907. The van der Waals surface area contributed by atoms with Crippen molar-refractivity contribution in [2.45, 2.75) is 6.42 Å². The second-order valence-electron chi connectivity index (χ2n) is 4.72. The highest BCUT2D eigenvalue weighted by Gasteiger charge is 2.29. The summed E-state index contributed by atoms with van der Waals surface area (Å²) in [5.74, 6) is 1.13. The van der Waals surface area contributed by atoms with Crippen molar-refractivity contribution in [1.29, 1.82) is 0 Å². The summed E-state index contributed by atoms with van der Waals surface area (Å²) < 4.78 is 5.23. The third-order valence-corrected chi connectivity index (χ3v) is 3.43. The number of nitrogens with zero attached hydrogens (tertiary/aromatic N) is 2. The number of hydrogen-bond donors (Lipinski definition) is 1. The molecular formula is C14H15N3O2. The van der Waals surface area contributed by atoms with Crippen LogP contribution in [0, 0.1) is 5.92 Å². The fraction of sp³-hybridized carbons (Fsp3) is 0.286. The highest BCUT2D eigenvalue weighted by molar-refractivity contribution is 5.95. The molecule has 1 aliphatic rings. The first-order valence-electron chi connectivity index (χ1n) is 6.27. The van der Waals surface area contributed by atoms with E-state index in [-0.39, 0.29) is 11.8 Å². The Bertz CT molecular complexity index is 563. The Morgan fingerprint density at radius 2 is 2.16 bits per heavy atom. The van der Waals surface area contributed by atoms with Crippen LogP contribution in [-0.2, 0) is 4.79 Å². The van der Waals surface area contributed by atoms with Crippen LogP contribution in [0.4, 0.5) is 5.69 Å². The monoisotopic (exact) mass is 257 g/mol. The molecule has 5 heteroatoms. The smallest absolute Gasteiger partial charge is 0.227 e. The number of benzene rings is 1. The third-order valence-electron chi connectivity index (χ3n) is 3.43. The molecule has 19 heavy (non-hydrogen) atoms. The van der Waals surface area contributed by atoms with Crippen molar-refractivity contribution in [2.75, 3.05) is 18.0 Å². The molecule has 0 bridgehead atoms. The van der Waals surface area contributed by atoms with Gasteiger partial charge in [-0.15, -0.1) is 0 Å². The molecule has 5 nitrogen and oxygen atoms in total. The van der Waals surface area contributed by atoms with E-state index in [9.17, 15) is 4.79 Å². The summed E-state index contributed by atoms with van der Waals surface area (Å²) in [6, 6.07) is 7.71. The Hall–Kier alpha value is -2.14. The minimum Gasteiger partial charge on any atom is -0.444 e. The number of aromatic nitrogens is 1. The number of carbonyl (C=O) groups excluding carboxylic acids is 1.